The minimum atomic E-state index is -0.535. The van der Waals surface area contributed by atoms with Crippen LogP contribution in [0.15, 0.2) is 126 Å². The Morgan fingerprint density at radius 2 is 1.75 bits per heavy atom. The van der Waals surface area contributed by atoms with Gasteiger partial charge in [-0.05, 0) is 144 Å². The molecular formula is C54H59N3O6. The Hall–Kier alpha value is -6.66. The van der Waals surface area contributed by atoms with E-state index in [1.807, 2.05) is 66.7 Å². The number of methoxy groups -OCH3 is 1. The highest BCUT2D eigenvalue weighted by atomic mass is 16.5. The number of anilines is 1. The number of ether oxygens (including phenoxy) is 3. The fraction of sp³-hybridized carbons (Fsp3) is 0.333. The van der Waals surface area contributed by atoms with Gasteiger partial charge < -0.3 is 35.5 Å². The second-order valence-electron chi connectivity index (χ2n) is 16.6. The smallest absolute Gasteiger partial charge is 0.192 e. The van der Waals surface area contributed by atoms with Crippen molar-refractivity contribution in [2.45, 2.75) is 89.8 Å². The molecule has 5 aromatic carbocycles. The molecule has 5 N–H and O–H groups in total. The van der Waals surface area contributed by atoms with E-state index in [0.717, 1.165) is 76.4 Å². The lowest BCUT2D eigenvalue weighted by molar-refractivity contribution is -0.121. The van der Waals surface area contributed by atoms with E-state index < -0.39 is 12.0 Å². The van der Waals surface area contributed by atoms with Gasteiger partial charge in [-0.3, -0.25) is 9.79 Å². The number of aliphatic imine (C=N–C) groups is 1. The molecule has 0 aromatic heterocycles. The molecule has 2 aliphatic heterocycles. The zero-order valence-electron chi connectivity index (χ0n) is 36.6. The molecule has 9 heteroatoms. The van der Waals surface area contributed by atoms with E-state index in [-0.39, 0.29) is 35.5 Å². The number of allylic oxidation sites excluding steroid dienone is 3. The maximum Gasteiger partial charge on any atom is 0.192 e. The fourth-order valence-electron chi connectivity index (χ4n) is 8.86. The van der Waals surface area contributed by atoms with E-state index in [0.29, 0.717) is 49.7 Å². The minimum Gasteiger partial charge on any atom is -0.508 e. The van der Waals surface area contributed by atoms with Crippen LogP contribution < -0.4 is 20.5 Å². The first-order valence-corrected chi connectivity index (χ1v) is 22.2. The normalized spacial score (nSPS) is 19.2. The number of Topliss-reactive ketones (excluding diaryl/α,β-unsaturated/α-hetero) is 1. The van der Waals surface area contributed by atoms with Crippen LogP contribution in [0, 0.1) is 23.9 Å². The highest BCUT2D eigenvalue weighted by Gasteiger charge is 2.27. The van der Waals surface area contributed by atoms with Crippen LogP contribution in [0.4, 0.5) is 5.69 Å². The predicted octanol–water partition coefficient (Wildman–Crippen LogP) is 10.7. The number of aliphatic hydroxyl groups is 1. The minimum absolute atomic E-state index is 0.0608. The average molecular weight is 846 g/mol. The van der Waals surface area contributed by atoms with E-state index in [2.05, 4.69) is 71.7 Å². The Bertz CT molecular complexity index is 2530. The SMILES string of the molecule is CCc1cc(O)c2c3ccc(cc13)COc1cc(ccc1OC)CCC(=O)C[C@H](C[C@H]1C=C(O)C=C[C@H]1CCCCc1cccc(NC(N)=NC)c1)OC#C[C@@H]2Cc1ccccc1. The highest BCUT2D eigenvalue weighted by Crippen LogP contribution is 2.39. The van der Waals surface area contributed by atoms with Crippen LogP contribution in [0.1, 0.15) is 84.7 Å². The van der Waals surface area contributed by atoms with Crippen LogP contribution in [-0.4, -0.2) is 42.2 Å². The molecule has 8 rings (SSSR count). The molecule has 2 heterocycles. The Kier molecular flexibility index (Phi) is 15.1. The van der Waals surface area contributed by atoms with Crippen molar-refractivity contribution >= 4 is 28.2 Å². The van der Waals surface area contributed by atoms with Crippen molar-refractivity contribution in [3.63, 3.8) is 0 Å². The first-order valence-electron chi connectivity index (χ1n) is 22.2. The second-order valence-corrected chi connectivity index (χ2v) is 16.6. The number of ketones is 1. The van der Waals surface area contributed by atoms with Gasteiger partial charge in [0.25, 0.3) is 0 Å². The van der Waals surface area contributed by atoms with Crippen molar-refractivity contribution < 1.29 is 29.2 Å². The summed E-state index contributed by atoms with van der Waals surface area (Å²) in [4.78, 5) is 17.9. The number of guanidine groups is 1. The van der Waals surface area contributed by atoms with Crippen LogP contribution in [-0.2, 0) is 41.8 Å². The maximum absolute atomic E-state index is 13.9. The van der Waals surface area contributed by atoms with E-state index in [1.54, 1.807) is 20.2 Å². The first kappa shape index (κ1) is 44.4. The van der Waals surface area contributed by atoms with E-state index in [4.69, 9.17) is 19.9 Å². The monoisotopic (exact) mass is 845 g/mol. The quantitative estimate of drug-likeness (QED) is 0.0422. The molecule has 326 valence electrons. The van der Waals surface area contributed by atoms with Crippen molar-refractivity contribution in [2.75, 3.05) is 19.5 Å². The van der Waals surface area contributed by atoms with E-state index in [9.17, 15) is 15.0 Å². The summed E-state index contributed by atoms with van der Waals surface area (Å²) in [6, 6.07) is 32.3. The van der Waals surface area contributed by atoms with Crippen molar-refractivity contribution in [2.24, 2.45) is 22.6 Å². The van der Waals surface area contributed by atoms with E-state index in [1.165, 1.54) is 5.56 Å². The molecule has 0 saturated carbocycles. The molecule has 1 aliphatic carbocycles. The maximum atomic E-state index is 13.9. The number of aromatic hydroxyl groups is 1. The third-order valence-electron chi connectivity index (χ3n) is 12.2. The third-order valence-corrected chi connectivity index (χ3v) is 12.2. The third kappa shape index (κ3) is 11.8. The van der Waals surface area contributed by atoms with Gasteiger partial charge in [0.2, 0.25) is 0 Å². The topological polar surface area (TPSA) is 136 Å². The molecule has 3 aliphatic rings. The number of nitrogens with one attached hydrogen (secondary N) is 1. The molecule has 0 unspecified atom stereocenters. The predicted molar refractivity (Wildman–Crippen MR) is 252 cm³/mol. The molecule has 5 aromatic rings. The lowest BCUT2D eigenvalue weighted by Crippen LogP contribution is -2.24. The lowest BCUT2D eigenvalue weighted by Gasteiger charge is -2.28. The average Bonchev–Trinajstić information content (AvgIpc) is 3.29. The molecule has 0 radical (unpaired) electrons. The summed E-state index contributed by atoms with van der Waals surface area (Å²) in [5, 5.41) is 27.6. The van der Waals surface area contributed by atoms with Crippen LogP contribution in [0.2, 0.25) is 0 Å². The fourth-order valence-corrected chi connectivity index (χ4v) is 8.86. The zero-order valence-corrected chi connectivity index (χ0v) is 36.6. The van der Waals surface area contributed by atoms with Crippen molar-refractivity contribution in [3.05, 3.63) is 154 Å². The summed E-state index contributed by atoms with van der Waals surface area (Å²) < 4.78 is 18.6. The number of phenolic OH excluding ortho intramolecular Hbond substituents is 1. The number of unbranched alkanes of at least 4 members (excludes halogenated alkanes) is 1. The molecule has 4 atom stereocenters. The number of carbonyl (C=O) groups is 1. The standard InChI is InChI=1S/C54H59N3O6/c1-4-40-33-50(60)53-42(27-36-11-6-5-7-12-36)25-26-62-47(32-43-31-45(58)22-20-41(43)15-9-8-13-37-14-10-16-44(28-37)57-54(55)56-2)34-46(59)21-17-38-19-24-51(61-3)52(30-38)63-35-39-18-23-48(53)49(40)29-39/h5-7,10-12,14,16,18-20,22-24,28-31,33,41-43,47,58,60H,4,8-9,13,15,17,21,27,32,34-35H2,1-3H3,(H3,55,56,57)/t41-,42-,43-,47+/m1/s1. The van der Waals surface area contributed by atoms with Crippen molar-refractivity contribution in [1.29, 1.82) is 0 Å². The number of aryl methyl sites for hydroxylation is 3. The number of hydrogen-bond acceptors (Lipinski definition) is 7. The number of rotatable bonds is 12. The summed E-state index contributed by atoms with van der Waals surface area (Å²) in [5.74, 6) is 5.15. The second kappa shape index (κ2) is 21.4. The molecule has 0 fully saturated rings. The molecular weight excluding hydrogens is 787 g/mol. The van der Waals surface area contributed by atoms with Gasteiger partial charge >= 0.3 is 0 Å². The van der Waals surface area contributed by atoms with E-state index >= 15 is 0 Å². The van der Waals surface area contributed by atoms with Gasteiger partial charge in [0, 0.05) is 31.1 Å². The van der Waals surface area contributed by atoms with Gasteiger partial charge in [-0.15, -0.1) is 0 Å². The van der Waals surface area contributed by atoms with Gasteiger partial charge in [-0.1, -0.05) is 86.0 Å². The van der Waals surface area contributed by atoms with Crippen LogP contribution >= 0.6 is 0 Å². The summed E-state index contributed by atoms with van der Waals surface area (Å²) in [6.07, 6.45) is 14.9. The molecule has 0 saturated heterocycles. The largest absolute Gasteiger partial charge is 0.508 e. The number of nitrogens with zero attached hydrogens (tertiary/aromatic N) is 1. The molecule has 63 heavy (non-hydrogen) atoms. The van der Waals surface area contributed by atoms with Crippen molar-refractivity contribution in [3.8, 4) is 29.3 Å². The number of carbonyl (C=O) groups excluding carboxylic acids is 1. The molecule has 0 spiro atoms. The van der Waals surface area contributed by atoms with Crippen molar-refractivity contribution in [1.82, 2.24) is 0 Å². The summed E-state index contributed by atoms with van der Waals surface area (Å²) in [5.41, 5.74) is 12.8. The number of fused-ring (bicyclic) bond motifs is 9. The molecule has 9 nitrogen and oxygen atoms in total. The number of benzene rings is 5. The zero-order chi connectivity index (χ0) is 44.1. The van der Waals surface area contributed by atoms with Gasteiger partial charge in [-0.25, -0.2) is 0 Å². The molecule has 0 amide bonds. The Labute approximate surface area is 371 Å². The van der Waals surface area contributed by atoms with Crippen LogP contribution in [0.25, 0.3) is 10.8 Å². The Balaban J connectivity index is 1.18. The first-order chi connectivity index (χ1) is 30.7. The number of phenols is 1. The summed E-state index contributed by atoms with van der Waals surface area (Å²) in [6.45, 7) is 2.40. The van der Waals surface area contributed by atoms with Crippen LogP contribution in [0.5, 0.6) is 17.2 Å². The van der Waals surface area contributed by atoms with Gasteiger partial charge in [-0.2, -0.15) is 0 Å². The number of nitrogens with two attached hydrogens (primary N) is 1. The Morgan fingerprint density at radius 1 is 0.921 bits per heavy atom. The van der Waals surface area contributed by atoms with Crippen LogP contribution in [0.3, 0.4) is 0 Å². The Morgan fingerprint density at radius 3 is 2.56 bits per heavy atom. The highest BCUT2D eigenvalue weighted by molar-refractivity contribution is 5.93. The van der Waals surface area contributed by atoms with Gasteiger partial charge in [0.05, 0.1) is 13.0 Å². The number of hydrogen-bond donors (Lipinski definition) is 4. The van der Waals surface area contributed by atoms with Gasteiger partial charge in [0.1, 0.15) is 36.1 Å². The number of aliphatic hydroxyl groups excluding tert-OH is 1. The molecule has 6 bridgehead atoms. The summed E-state index contributed by atoms with van der Waals surface area (Å²) in [7, 11) is 3.28. The van der Waals surface area contributed by atoms with Gasteiger partial charge in [0.15, 0.2) is 17.5 Å². The summed E-state index contributed by atoms with van der Waals surface area (Å²) >= 11 is 0. The lowest BCUT2D eigenvalue weighted by atomic mass is 9.80.